The van der Waals surface area contributed by atoms with Crippen molar-refractivity contribution in [2.75, 3.05) is 21.3 Å². The maximum Gasteiger partial charge on any atom is 0.306 e. The van der Waals surface area contributed by atoms with Crippen molar-refractivity contribution in [3.8, 4) is 0 Å². The van der Waals surface area contributed by atoms with Crippen LogP contribution in [0, 0.1) is 35.0 Å². The summed E-state index contributed by atoms with van der Waals surface area (Å²) in [6.45, 7) is 8.41. The van der Waals surface area contributed by atoms with Crippen molar-refractivity contribution >= 4 is 11.8 Å². The third-order valence-corrected chi connectivity index (χ3v) is 11.9. The Bertz CT molecular complexity index is 1080. The van der Waals surface area contributed by atoms with E-state index in [1.807, 2.05) is 6.92 Å². The van der Waals surface area contributed by atoms with Gasteiger partial charge in [0.2, 0.25) is 0 Å². The predicted octanol–water partition coefficient (Wildman–Crippen LogP) is 4.64. The van der Waals surface area contributed by atoms with Gasteiger partial charge < -0.3 is 33.2 Å². The van der Waals surface area contributed by atoms with Crippen LogP contribution in [0.2, 0.25) is 0 Å². The van der Waals surface area contributed by atoms with Crippen molar-refractivity contribution in [3.05, 3.63) is 11.6 Å². The van der Waals surface area contributed by atoms with Gasteiger partial charge in [-0.1, -0.05) is 33.3 Å². The number of hydrogen-bond donors (Lipinski definition) is 0. The van der Waals surface area contributed by atoms with E-state index in [1.54, 1.807) is 21.3 Å². The number of ether oxygens (including phenoxy) is 7. The zero-order chi connectivity index (χ0) is 30.6. The number of cyclic esters (lactones) is 1. The lowest BCUT2D eigenvalue weighted by Gasteiger charge is -2.44. The van der Waals surface area contributed by atoms with Gasteiger partial charge in [-0.2, -0.15) is 0 Å². The Hall–Kier alpha value is -1.36. The number of carbonyl (C=O) groups is 2. The van der Waals surface area contributed by atoms with E-state index in [-0.39, 0.29) is 90.0 Å². The first kappa shape index (κ1) is 31.6. The molecule has 0 spiro atoms. The van der Waals surface area contributed by atoms with Crippen LogP contribution in [0.3, 0.4) is 0 Å². The predicted molar refractivity (Wildman–Crippen MR) is 157 cm³/mol. The Balaban J connectivity index is 1.25. The standard InChI is InChI=1S/C34H52O9/c1-8-19-12-10-9-11-17(2)27(36)23-16-34(4)24-14-20(42-33-32(39-7)31(38-6)28(37-5)18(3)40-33)13-22(24)29-30(43-29)26(34)21(23)15-25(35)41-19/h16-22,24,26,28-33H,8-15H2,1-7H3/t17-,18?,19+,20-,21-,22-,24-,26-,28+,29-,30+,31?,32?,33+,34+/m1/s1. The first-order valence-electron chi connectivity index (χ1n) is 16.7. The molecular formula is C34H52O9. The molecular weight excluding hydrogens is 552 g/mol. The molecule has 6 aliphatic rings. The number of carbonyl (C=O) groups excluding carboxylic acids is 2. The Morgan fingerprint density at radius 3 is 2.35 bits per heavy atom. The molecule has 0 aromatic rings. The molecule has 0 bridgehead atoms. The lowest BCUT2D eigenvalue weighted by atomic mass is 9.58. The third-order valence-electron chi connectivity index (χ3n) is 11.9. The fourth-order valence-electron chi connectivity index (χ4n) is 9.69. The van der Waals surface area contributed by atoms with E-state index in [9.17, 15) is 9.59 Å². The number of allylic oxidation sites excluding steroid dienone is 2. The number of esters is 1. The van der Waals surface area contributed by atoms with E-state index in [0.29, 0.717) is 5.92 Å². The van der Waals surface area contributed by atoms with Gasteiger partial charge in [-0.25, -0.2) is 0 Å². The lowest BCUT2D eigenvalue weighted by Crippen LogP contribution is -2.59. The zero-order valence-corrected chi connectivity index (χ0v) is 27.0. The van der Waals surface area contributed by atoms with Crippen LogP contribution in [-0.4, -0.2) is 88.2 Å². The van der Waals surface area contributed by atoms with E-state index in [4.69, 9.17) is 33.2 Å². The van der Waals surface area contributed by atoms with Gasteiger partial charge in [0, 0.05) is 39.1 Å². The van der Waals surface area contributed by atoms with Gasteiger partial charge >= 0.3 is 5.97 Å². The minimum atomic E-state index is -0.582. The van der Waals surface area contributed by atoms with Crippen molar-refractivity contribution in [3.63, 3.8) is 0 Å². The molecule has 3 unspecified atom stereocenters. The minimum Gasteiger partial charge on any atom is -0.462 e. The molecule has 0 aromatic carbocycles. The van der Waals surface area contributed by atoms with Gasteiger partial charge in [0.05, 0.1) is 30.8 Å². The molecule has 0 aromatic heterocycles. The Morgan fingerprint density at radius 1 is 0.930 bits per heavy atom. The molecule has 9 heteroatoms. The van der Waals surface area contributed by atoms with Crippen LogP contribution < -0.4 is 0 Å². The third kappa shape index (κ3) is 5.54. The Morgan fingerprint density at radius 2 is 1.65 bits per heavy atom. The normalized spacial score (nSPS) is 49.9. The highest BCUT2D eigenvalue weighted by Crippen LogP contribution is 2.68. The molecule has 6 rings (SSSR count). The second-order valence-corrected chi connectivity index (χ2v) is 14.2. The van der Waals surface area contributed by atoms with Gasteiger partial charge in [-0.05, 0) is 68.3 Å². The van der Waals surface area contributed by atoms with Gasteiger partial charge in [-0.3, -0.25) is 9.59 Å². The van der Waals surface area contributed by atoms with E-state index in [1.165, 1.54) is 0 Å². The van der Waals surface area contributed by atoms with Crippen LogP contribution in [0.15, 0.2) is 11.6 Å². The van der Waals surface area contributed by atoms with E-state index in [0.717, 1.165) is 50.5 Å². The molecule has 3 saturated heterocycles. The van der Waals surface area contributed by atoms with Crippen LogP contribution in [-0.2, 0) is 42.7 Å². The van der Waals surface area contributed by atoms with Crippen molar-refractivity contribution in [1.82, 2.24) is 0 Å². The monoisotopic (exact) mass is 604 g/mol. The number of ketones is 1. The number of Topliss-reactive ketones (excluding diaryl/α,β-unsaturated/α-hetero) is 1. The zero-order valence-electron chi connectivity index (χ0n) is 27.0. The maximum absolute atomic E-state index is 14.0. The summed E-state index contributed by atoms with van der Waals surface area (Å²) >= 11 is 0. The van der Waals surface area contributed by atoms with Crippen LogP contribution >= 0.6 is 0 Å². The van der Waals surface area contributed by atoms with Crippen molar-refractivity contribution in [2.24, 2.45) is 35.0 Å². The van der Waals surface area contributed by atoms with E-state index < -0.39 is 12.4 Å². The van der Waals surface area contributed by atoms with Gasteiger partial charge in [0.25, 0.3) is 0 Å². The number of rotatable bonds is 6. The molecule has 43 heavy (non-hydrogen) atoms. The topological polar surface area (TPSA) is 102 Å². The smallest absolute Gasteiger partial charge is 0.306 e. The number of epoxide rings is 1. The molecule has 0 amide bonds. The van der Waals surface area contributed by atoms with Gasteiger partial charge in [0.1, 0.15) is 24.4 Å². The molecule has 2 saturated carbocycles. The number of hydrogen-bond acceptors (Lipinski definition) is 9. The molecule has 3 aliphatic carbocycles. The summed E-state index contributed by atoms with van der Waals surface area (Å²) in [5.74, 6) is 0.469. The number of methoxy groups -OCH3 is 3. The molecule has 9 nitrogen and oxygen atoms in total. The Kier molecular flexibility index (Phi) is 9.15. The fraction of sp³-hybridized carbons (Fsp3) is 0.882. The first-order valence-corrected chi connectivity index (χ1v) is 16.7. The molecule has 3 heterocycles. The summed E-state index contributed by atoms with van der Waals surface area (Å²) in [6, 6.07) is 0. The average molecular weight is 605 g/mol. The summed E-state index contributed by atoms with van der Waals surface area (Å²) in [5, 5.41) is 0. The quantitative estimate of drug-likeness (QED) is 0.317. The van der Waals surface area contributed by atoms with Crippen molar-refractivity contribution < 1.29 is 42.7 Å². The van der Waals surface area contributed by atoms with E-state index in [2.05, 4.69) is 26.8 Å². The maximum atomic E-state index is 14.0. The largest absolute Gasteiger partial charge is 0.462 e. The molecule has 15 atom stereocenters. The van der Waals surface area contributed by atoms with Crippen molar-refractivity contribution in [1.29, 1.82) is 0 Å². The molecule has 5 fully saturated rings. The second kappa shape index (κ2) is 12.4. The first-order chi connectivity index (χ1) is 20.6. The van der Waals surface area contributed by atoms with E-state index >= 15 is 0 Å². The summed E-state index contributed by atoms with van der Waals surface area (Å²) in [4.78, 5) is 27.3. The van der Waals surface area contributed by atoms with Crippen LogP contribution in [0.25, 0.3) is 0 Å². The SMILES string of the molecule is CC[C@H]1CCCC[C@@H](C)C(=O)C2=C[C@]3(C)[C@@H]([C@@H]4O[C@@H]4[C@@H]4C[C@@H](O[C@@H]5OC(C)[C@H](OC)C(OC)C5OC)C[C@H]43)[C@@H]2CC(=O)O1. The summed E-state index contributed by atoms with van der Waals surface area (Å²) in [7, 11) is 4.98. The second-order valence-electron chi connectivity index (χ2n) is 14.2. The van der Waals surface area contributed by atoms with Crippen LogP contribution in [0.5, 0.6) is 0 Å². The van der Waals surface area contributed by atoms with Gasteiger partial charge in [-0.15, -0.1) is 0 Å². The highest BCUT2D eigenvalue weighted by Gasteiger charge is 2.70. The van der Waals surface area contributed by atoms with Crippen molar-refractivity contribution in [2.45, 2.75) is 134 Å². The Labute approximate surface area is 256 Å². The fourth-order valence-corrected chi connectivity index (χ4v) is 9.69. The van der Waals surface area contributed by atoms with Gasteiger partial charge in [0.15, 0.2) is 12.1 Å². The summed E-state index contributed by atoms with van der Waals surface area (Å²) in [5.41, 5.74) is 0.570. The summed E-state index contributed by atoms with van der Waals surface area (Å²) < 4.78 is 42.7. The van der Waals surface area contributed by atoms with Crippen LogP contribution in [0.4, 0.5) is 0 Å². The highest BCUT2D eigenvalue weighted by atomic mass is 16.7. The highest BCUT2D eigenvalue weighted by molar-refractivity contribution is 5.98. The number of fused-ring (bicyclic) bond motifs is 8. The molecule has 3 aliphatic heterocycles. The molecule has 0 radical (unpaired) electrons. The molecule has 242 valence electrons. The van der Waals surface area contributed by atoms with Crippen LogP contribution in [0.1, 0.15) is 79.1 Å². The molecule has 0 N–H and O–H groups in total. The minimum absolute atomic E-state index is 0.0446. The lowest BCUT2D eigenvalue weighted by molar-refractivity contribution is -0.314. The average Bonchev–Trinajstić information content (AvgIpc) is 3.54. The summed E-state index contributed by atoms with van der Waals surface area (Å²) in [6.07, 6.45) is 6.97.